The van der Waals surface area contributed by atoms with Crippen molar-refractivity contribution in [1.29, 1.82) is 0 Å². The van der Waals surface area contributed by atoms with Crippen LogP contribution in [0.3, 0.4) is 0 Å². The lowest BCUT2D eigenvalue weighted by molar-refractivity contribution is 0.660. The van der Waals surface area contributed by atoms with Gasteiger partial charge in [0.15, 0.2) is 0 Å². The van der Waals surface area contributed by atoms with E-state index in [1.807, 2.05) is 0 Å². The fourth-order valence-corrected chi connectivity index (χ4v) is 18.9. The Bertz CT molecular complexity index is 7260. The molecule has 20 aromatic carbocycles. The summed E-state index contributed by atoms with van der Waals surface area (Å²) in [6, 6.07) is 159. The number of hydrogen-bond donors (Lipinski definition) is 0. The first-order valence-corrected chi connectivity index (χ1v) is 40.0. The molecule has 1 aliphatic rings. The largest absolute Gasteiger partial charge is 0.310 e. The summed E-state index contributed by atoms with van der Waals surface area (Å²) >= 11 is 0. The van der Waals surface area contributed by atoms with Crippen LogP contribution >= 0.6 is 0 Å². The Balaban J connectivity index is 0.708. The Morgan fingerprint density at radius 3 is 1.10 bits per heavy atom. The van der Waals surface area contributed by atoms with Gasteiger partial charge in [0.05, 0.1) is 11.0 Å². The summed E-state index contributed by atoms with van der Waals surface area (Å²) in [5, 5.41) is 14.7. The Kier molecular flexibility index (Phi) is 16.0. The fourth-order valence-electron chi connectivity index (χ4n) is 18.9. The lowest BCUT2D eigenvalue weighted by Crippen LogP contribution is -2.16. The van der Waals surface area contributed by atoms with E-state index in [0.29, 0.717) is 0 Å². The molecule has 0 atom stereocenters. The van der Waals surface area contributed by atoms with E-state index in [2.05, 4.69) is 448 Å². The number of aromatic nitrogens is 1. The molecule has 0 aliphatic heterocycles. The Hall–Kier alpha value is -14.7. The Morgan fingerprint density at radius 2 is 0.530 bits per heavy atom. The number of nitrogens with zero attached hydrogens (tertiary/aromatic N) is 2. The van der Waals surface area contributed by atoms with Crippen molar-refractivity contribution in [3.8, 4) is 117 Å². The van der Waals surface area contributed by atoms with Crippen LogP contribution in [0.1, 0.15) is 25.0 Å². The monoisotopic (exact) mass is 1460 g/mol. The van der Waals surface area contributed by atoms with Crippen LogP contribution < -0.4 is 4.90 Å². The highest BCUT2D eigenvalue weighted by atomic mass is 15.1. The predicted octanol–water partition coefficient (Wildman–Crippen LogP) is 31.3. The molecule has 0 saturated carbocycles. The summed E-state index contributed by atoms with van der Waals surface area (Å²) in [7, 11) is 0. The molecule has 0 amide bonds. The van der Waals surface area contributed by atoms with Crippen molar-refractivity contribution in [2.24, 2.45) is 0 Å². The molecule has 2 heteroatoms. The maximum atomic E-state index is 2.52. The lowest BCUT2D eigenvalue weighted by Gasteiger charge is -2.28. The quantitative estimate of drug-likeness (QED) is 0.112. The van der Waals surface area contributed by atoms with Gasteiger partial charge in [0.25, 0.3) is 0 Å². The molecule has 115 heavy (non-hydrogen) atoms. The van der Waals surface area contributed by atoms with E-state index >= 15 is 0 Å². The van der Waals surface area contributed by atoms with Crippen molar-refractivity contribution in [3.63, 3.8) is 0 Å². The van der Waals surface area contributed by atoms with Crippen molar-refractivity contribution < 1.29 is 0 Å². The highest BCUT2D eigenvalue weighted by Gasteiger charge is 2.37. The van der Waals surface area contributed by atoms with E-state index in [4.69, 9.17) is 0 Å². The molecular weight excluding hydrogens is 1390 g/mol. The molecule has 0 spiro atoms. The normalized spacial score (nSPS) is 12.3. The van der Waals surface area contributed by atoms with Gasteiger partial charge in [0.1, 0.15) is 0 Å². The van der Waals surface area contributed by atoms with E-state index < -0.39 is 5.41 Å². The van der Waals surface area contributed by atoms with Gasteiger partial charge in [-0.15, -0.1) is 0 Å². The maximum absolute atomic E-state index is 2.52. The van der Waals surface area contributed by atoms with E-state index in [0.717, 1.165) is 56.1 Å². The molecule has 22 rings (SSSR count). The topological polar surface area (TPSA) is 8.17 Å². The van der Waals surface area contributed by atoms with Gasteiger partial charge in [-0.25, -0.2) is 0 Å². The van der Waals surface area contributed by atoms with Crippen LogP contribution in [-0.4, -0.2) is 4.57 Å². The predicted molar refractivity (Wildman–Crippen MR) is 489 cm³/mol. The summed E-state index contributed by atoms with van der Waals surface area (Å²) in [6.07, 6.45) is 0. The second kappa shape index (κ2) is 27.4. The zero-order valence-corrected chi connectivity index (χ0v) is 63.8. The van der Waals surface area contributed by atoms with Gasteiger partial charge in [0.2, 0.25) is 0 Å². The summed E-state index contributed by atoms with van der Waals surface area (Å²) in [5.41, 5.74) is 32.7. The summed E-state index contributed by atoms with van der Waals surface area (Å²) in [6.45, 7) is 4.86. The second-order valence-electron chi connectivity index (χ2n) is 31.4. The van der Waals surface area contributed by atoms with E-state index in [1.165, 1.54) is 165 Å². The van der Waals surface area contributed by atoms with E-state index in [-0.39, 0.29) is 0 Å². The molecule has 0 fully saturated rings. The number of fused-ring (bicyclic) bond motifs is 11. The molecule has 1 aromatic heterocycles. The minimum atomic E-state index is -0.391. The van der Waals surface area contributed by atoms with E-state index in [9.17, 15) is 0 Å². The second-order valence-corrected chi connectivity index (χ2v) is 31.4. The zero-order valence-electron chi connectivity index (χ0n) is 63.8. The number of para-hydroxylation sites is 2. The highest BCUT2D eigenvalue weighted by Crippen LogP contribution is 2.54. The molecule has 0 unspecified atom stereocenters. The number of hydrogen-bond acceptors (Lipinski definition) is 1. The van der Waals surface area contributed by atoms with Crippen LogP contribution in [-0.2, 0) is 5.41 Å². The first-order chi connectivity index (χ1) is 56.8. The van der Waals surface area contributed by atoms with Gasteiger partial charge in [-0.05, 0) is 285 Å². The lowest BCUT2D eigenvalue weighted by atomic mass is 9.81. The number of rotatable bonds is 13. The first kappa shape index (κ1) is 67.2. The maximum Gasteiger partial charge on any atom is 0.0541 e. The van der Waals surface area contributed by atoms with Gasteiger partial charge < -0.3 is 9.47 Å². The fraction of sp³-hybridized carbons (Fsp3) is 0.0265. The average molecular weight is 1460 g/mol. The highest BCUT2D eigenvalue weighted by molar-refractivity contribution is 6.18. The third kappa shape index (κ3) is 11.5. The molecule has 538 valence electrons. The molecule has 0 bridgehead atoms. The molecule has 0 radical (unpaired) electrons. The minimum Gasteiger partial charge on any atom is -0.310 e. The van der Waals surface area contributed by atoms with Crippen LogP contribution in [0.2, 0.25) is 0 Å². The van der Waals surface area contributed by atoms with Crippen LogP contribution in [0.5, 0.6) is 0 Å². The Labute approximate surface area is 669 Å². The van der Waals surface area contributed by atoms with Gasteiger partial charge in [0, 0.05) is 38.9 Å². The molecule has 2 nitrogen and oxygen atoms in total. The van der Waals surface area contributed by atoms with Gasteiger partial charge >= 0.3 is 0 Å². The molecule has 1 aliphatic carbocycles. The third-order valence-electron chi connectivity index (χ3n) is 24.5. The summed E-state index contributed by atoms with van der Waals surface area (Å²) in [4.78, 5) is 2.44. The molecule has 0 saturated heterocycles. The average Bonchev–Trinajstić information content (AvgIpc) is 1.70. The molecular formula is C113H76N2. The SMILES string of the molecule is CC1(C)c2cc(-c3cc(-c4cc(-c5cccc6ccccc56)cc(-c5cccc6ccccc56)c4)cc(-c4ccc(-c5cccc6ccccc56)c5c(-c6cccc7ccccc67)cccc45)c3)ccc2-c2ccc(N(c3ccc(-c4ccccc4)cc3)c3ccc(-c4ccc5c(c4)c4ccccc4n5-c4ccccc4)cc3)cc21. The van der Waals surface area contributed by atoms with Crippen LogP contribution in [0.25, 0.3) is 193 Å². The Morgan fingerprint density at radius 1 is 0.191 bits per heavy atom. The summed E-state index contributed by atoms with van der Waals surface area (Å²) in [5.74, 6) is 0. The van der Waals surface area contributed by atoms with Crippen LogP contribution in [0, 0.1) is 0 Å². The third-order valence-corrected chi connectivity index (χ3v) is 24.5. The van der Waals surface area contributed by atoms with Crippen molar-refractivity contribution >= 4 is 92.7 Å². The van der Waals surface area contributed by atoms with Crippen molar-refractivity contribution in [2.75, 3.05) is 4.90 Å². The van der Waals surface area contributed by atoms with Crippen molar-refractivity contribution in [1.82, 2.24) is 4.57 Å². The van der Waals surface area contributed by atoms with Crippen molar-refractivity contribution in [3.05, 3.63) is 436 Å². The van der Waals surface area contributed by atoms with Gasteiger partial charge in [-0.3, -0.25) is 0 Å². The molecule has 1 heterocycles. The number of anilines is 3. The zero-order chi connectivity index (χ0) is 76.2. The standard InChI is InChI=1S/C113H76N2/c1-113(2)108-71-81(52-59-101(108)102-60-58-91(72-109(102)113)114(89-54-48-74(49-55-89)73-24-5-3-6-25-73)90-56-50-75(51-57-90)80-53-63-111-107(70-80)103-40-17-18-47-110(103)115(111)88-34-7-4-8-35-88)82-64-83(84-67-86(96-41-19-30-76-26-9-13-36-92(76)96)69-87(68-84)97-42-20-31-77-27-10-14-37-93(77)97)66-85(65-82)98-61-62-106(100-44-22-33-79-29-12-16-39-95(79)100)112-104(98)45-23-46-105(112)99-43-21-32-78-28-11-15-38-94(78)99/h3-72H,1-2H3. The molecule has 0 N–H and O–H groups in total. The van der Waals surface area contributed by atoms with Gasteiger partial charge in [-0.1, -0.05) is 329 Å². The smallest absolute Gasteiger partial charge is 0.0541 e. The van der Waals surface area contributed by atoms with Crippen LogP contribution in [0.4, 0.5) is 17.1 Å². The van der Waals surface area contributed by atoms with E-state index in [1.54, 1.807) is 0 Å². The first-order valence-electron chi connectivity index (χ1n) is 40.0. The van der Waals surface area contributed by atoms with Crippen LogP contribution in [0.15, 0.2) is 425 Å². The minimum absolute atomic E-state index is 0.391. The number of benzene rings is 20. The summed E-state index contributed by atoms with van der Waals surface area (Å²) < 4.78 is 2.39. The van der Waals surface area contributed by atoms with Crippen molar-refractivity contribution in [2.45, 2.75) is 19.3 Å². The van der Waals surface area contributed by atoms with Gasteiger partial charge in [-0.2, -0.15) is 0 Å². The molecule has 21 aromatic rings.